The third kappa shape index (κ3) is 0.826. The molecule has 2 heterocycles. The molecule has 0 aromatic carbocycles. The molecular formula is C7H11N3O. The third-order valence-electron chi connectivity index (χ3n) is 2.14. The second-order valence-corrected chi connectivity index (χ2v) is 3.10. The molecule has 0 aliphatic carbocycles. The fraction of sp³-hybridized carbons (Fsp3) is 0.571. The van der Waals surface area contributed by atoms with Crippen LogP contribution in [0.5, 0.6) is 0 Å². The van der Waals surface area contributed by atoms with Crippen LogP contribution in [-0.2, 0) is 20.1 Å². The number of rotatable bonds is 0. The van der Waals surface area contributed by atoms with Crippen molar-refractivity contribution in [2.45, 2.75) is 13.1 Å². The summed E-state index contributed by atoms with van der Waals surface area (Å²) < 4.78 is 1.81. The van der Waals surface area contributed by atoms with Crippen molar-refractivity contribution < 1.29 is 0 Å². The summed E-state index contributed by atoms with van der Waals surface area (Å²) in [5, 5.41) is 2.73. The van der Waals surface area contributed by atoms with Crippen molar-refractivity contribution in [3.63, 3.8) is 0 Å². The molecule has 0 fully saturated rings. The number of nitrogens with one attached hydrogen (secondary N) is 1. The lowest BCUT2D eigenvalue weighted by molar-refractivity contribution is 0.343. The second-order valence-electron chi connectivity index (χ2n) is 3.10. The summed E-state index contributed by atoms with van der Waals surface area (Å²) in [6.07, 6.45) is 0. The fourth-order valence-corrected chi connectivity index (χ4v) is 1.57. The van der Waals surface area contributed by atoms with Crippen LogP contribution in [0.2, 0.25) is 0 Å². The number of hydrogen-bond acceptors (Lipinski definition) is 2. The number of aromatic nitrogens is 2. The van der Waals surface area contributed by atoms with E-state index in [0.29, 0.717) is 0 Å². The molecule has 1 aliphatic heterocycles. The lowest BCUT2D eigenvalue weighted by Crippen LogP contribution is -2.15. The molecule has 0 unspecified atom stereocenters. The zero-order chi connectivity index (χ0) is 8.01. The maximum absolute atomic E-state index is 11.2. The molecule has 2 rings (SSSR count). The Balaban J connectivity index is 2.59. The molecule has 4 nitrogen and oxygen atoms in total. The van der Waals surface area contributed by atoms with Crippen molar-refractivity contribution in [3.05, 3.63) is 21.6 Å². The molecule has 0 atom stereocenters. The first kappa shape index (κ1) is 6.67. The molecule has 0 saturated heterocycles. The lowest BCUT2D eigenvalue weighted by Gasteiger charge is -2.05. The minimum atomic E-state index is 0.0619. The topological polar surface area (TPSA) is 41.0 Å². The van der Waals surface area contributed by atoms with Gasteiger partial charge in [0.15, 0.2) is 0 Å². The smallest absolute Gasteiger partial charge is 0.268 e. The highest BCUT2D eigenvalue weighted by Gasteiger charge is 2.21. The van der Waals surface area contributed by atoms with Crippen molar-refractivity contribution in [1.29, 1.82) is 0 Å². The molecule has 0 radical (unpaired) electrons. The van der Waals surface area contributed by atoms with Gasteiger partial charge in [0.25, 0.3) is 5.56 Å². The highest BCUT2D eigenvalue weighted by atomic mass is 16.1. The molecule has 4 heteroatoms. The van der Waals surface area contributed by atoms with Crippen molar-refractivity contribution in [2.24, 2.45) is 7.05 Å². The average molecular weight is 153 g/mol. The van der Waals surface area contributed by atoms with Gasteiger partial charge in [0.2, 0.25) is 0 Å². The summed E-state index contributed by atoms with van der Waals surface area (Å²) in [6, 6.07) is 0. The Morgan fingerprint density at radius 2 is 2.09 bits per heavy atom. The van der Waals surface area contributed by atoms with Gasteiger partial charge in [-0.25, -0.2) is 0 Å². The number of aromatic amines is 1. The summed E-state index contributed by atoms with van der Waals surface area (Å²) in [4.78, 5) is 13.3. The molecule has 1 aromatic rings. The quantitative estimate of drug-likeness (QED) is 0.554. The minimum Gasteiger partial charge on any atom is -0.296 e. The molecule has 0 saturated carbocycles. The lowest BCUT2D eigenvalue weighted by atomic mass is 10.3. The molecule has 0 bridgehead atoms. The maximum atomic E-state index is 11.2. The Labute approximate surface area is 64.4 Å². The van der Waals surface area contributed by atoms with Gasteiger partial charge in [0.1, 0.15) is 0 Å². The normalized spacial score (nSPS) is 17.3. The van der Waals surface area contributed by atoms with Crippen LogP contribution in [-0.4, -0.2) is 21.7 Å². The van der Waals surface area contributed by atoms with Crippen LogP contribution in [0.15, 0.2) is 4.79 Å². The Kier molecular flexibility index (Phi) is 1.20. The SMILES string of the molecule is CN1Cc2c(n(C)[nH]c2=O)C1. The van der Waals surface area contributed by atoms with Crippen LogP contribution in [0.4, 0.5) is 0 Å². The fourth-order valence-electron chi connectivity index (χ4n) is 1.57. The first-order valence-electron chi connectivity index (χ1n) is 3.64. The van der Waals surface area contributed by atoms with E-state index in [-0.39, 0.29) is 5.56 Å². The zero-order valence-electron chi connectivity index (χ0n) is 6.72. The number of fused-ring (bicyclic) bond motifs is 1. The number of H-pyrrole nitrogens is 1. The van der Waals surface area contributed by atoms with Gasteiger partial charge in [-0.1, -0.05) is 0 Å². The molecule has 60 valence electrons. The van der Waals surface area contributed by atoms with E-state index >= 15 is 0 Å². The predicted molar refractivity (Wildman–Crippen MR) is 41.2 cm³/mol. The van der Waals surface area contributed by atoms with Gasteiger partial charge < -0.3 is 0 Å². The number of aryl methyl sites for hydroxylation is 1. The third-order valence-corrected chi connectivity index (χ3v) is 2.14. The standard InChI is InChI=1S/C7H11N3O/c1-9-3-5-6(4-9)10(2)8-7(5)11/h3-4H2,1-2H3,(H,8,11). The van der Waals surface area contributed by atoms with Gasteiger partial charge in [-0.3, -0.25) is 19.5 Å². The molecule has 1 N–H and O–H groups in total. The van der Waals surface area contributed by atoms with Gasteiger partial charge in [0, 0.05) is 20.1 Å². The van der Waals surface area contributed by atoms with Crippen molar-refractivity contribution in [2.75, 3.05) is 7.05 Å². The average Bonchev–Trinajstić information content (AvgIpc) is 2.38. The van der Waals surface area contributed by atoms with E-state index in [1.54, 1.807) is 4.68 Å². The number of nitrogens with zero attached hydrogens (tertiary/aromatic N) is 2. The van der Waals surface area contributed by atoms with Gasteiger partial charge in [-0.05, 0) is 7.05 Å². The summed E-state index contributed by atoms with van der Waals surface area (Å²) in [5.74, 6) is 0. The van der Waals surface area contributed by atoms with E-state index in [9.17, 15) is 4.79 Å². The van der Waals surface area contributed by atoms with E-state index in [1.807, 2.05) is 14.1 Å². The molecule has 0 amide bonds. The van der Waals surface area contributed by atoms with Gasteiger partial charge in [0.05, 0.1) is 11.3 Å². The van der Waals surface area contributed by atoms with Crippen LogP contribution in [0.25, 0.3) is 0 Å². The largest absolute Gasteiger partial charge is 0.296 e. The summed E-state index contributed by atoms with van der Waals surface area (Å²) >= 11 is 0. The zero-order valence-corrected chi connectivity index (χ0v) is 6.72. The molecule has 1 aromatic heterocycles. The Bertz CT molecular complexity index is 336. The van der Waals surface area contributed by atoms with E-state index < -0.39 is 0 Å². The van der Waals surface area contributed by atoms with Gasteiger partial charge in [-0.15, -0.1) is 0 Å². The first-order chi connectivity index (χ1) is 5.18. The Hall–Kier alpha value is -1.03. The Morgan fingerprint density at radius 1 is 1.36 bits per heavy atom. The molecular weight excluding hydrogens is 142 g/mol. The molecule has 0 spiro atoms. The molecule has 1 aliphatic rings. The highest BCUT2D eigenvalue weighted by Crippen LogP contribution is 2.15. The highest BCUT2D eigenvalue weighted by molar-refractivity contribution is 5.21. The van der Waals surface area contributed by atoms with Crippen molar-refractivity contribution in [1.82, 2.24) is 14.7 Å². The monoisotopic (exact) mass is 153 g/mol. The van der Waals surface area contributed by atoms with Crippen LogP contribution in [0.1, 0.15) is 11.3 Å². The summed E-state index contributed by atoms with van der Waals surface area (Å²) in [6.45, 7) is 1.66. The van der Waals surface area contributed by atoms with E-state index in [4.69, 9.17) is 0 Å². The van der Waals surface area contributed by atoms with E-state index in [1.165, 1.54) is 0 Å². The van der Waals surface area contributed by atoms with Crippen LogP contribution >= 0.6 is 0 Å². The van der Waals surface area contributed by atoms with Crippen LogP contribution in [0.3, 0.4) is 0 Å². The van der Waals surface area contributed by atoms with Crippen molar-refractivity contribution >= 4 is 0 Å². The Morgan fingerprint density at radius 3 is 2.73 bits per heavy atom. The van der Waals surface area contributed by atoms with Gasteiger partial charge in [-0.2, -0.15) is 0 Å². The van der Waals surface area contributed by atoms with Gasteiger partial charge >= 0.3 is 0 Å². The number of hydrogen-bond donors (Lipinski definition) is 1. The maximum Gasteiger partial charge on any atom is 0.268 e. The first-order valence-corrected chi connectivity index (χ1v) is 3.64. The molecule has 11 heavy (non-hydrogen) atoms. The summed E-state index contributed by atoms with van der Waals surface area (Å²) in [5.41, 5.74) is 2.11. The van der Waals surface area contributed by atoms with Crippen LogP contribution < -0.4 is 5.56 Å². The van der Waals surface area contributed by atoms with E-state index in [0.717, 1.165) is 24.3 Å². The summed E-state index contributed by atoms with van der Waals surface area (Å²) in [7, 11) is 3.89. The predicted octanol–water partition coefficient (Wildman–Crippen LogP) is -0.341. The van der Waals surface area contributed by atoms with Crippen LogP contribution in [0, 0.1) is 0 Å². The minimum absolute atomic E-state index is 0.0619. The van der Waals surface area contributed by atoms with E-state index in [2.05, 4.69) is 10.00 Å². The second kappa shape index (κ2) is 1.98. The van der Waals surface area contributed by atoms with Crippen molar-refractivity contribution in [3.8, 4) is 0 Å².